The van der Waals surface area contributed by atoms with Crippen molar-refractivity contribution < 1.29 is 18.7 Å². The lowest BCUT2D eigenvalue weighted by Crippen LogP contribution is -2.63. The van der Waals surface area contributed by atoms with Gasteiger partial charge >= 0.3 is 0 Å². The normalized spacial score (nSPS) is 17.7. The molecule has 0 saturated heterocycles. The molecule has 0 radical (unpaired) electrons. The van der Waals surface area contributed by atoms with Gasteiger partial charge in [-0.3, -0.25) is 14.3 Å². The second kappa shape index (κ2) is 9.54. The van der Waals surface area contributed by atoms with Gasteiger partial charge in [0.05, 0.1) is 12.2 Å². The molecule has 1 atom stereocenters. The van der Waals surface area contributed by atoms with E-state index in [2.05, 4.69) is 10.4 Å². The fourth-order valence-electron chi connectivity index (χ4n) is 4.02. The van der Waals surface area contributed by atoms with Crippen LogP contribution in [0, 0.1) is 5.82 Å². The maximum Gasteiger partial charge on any atom is 0.273 e. The lowest BCUT2D eigenvalue weighted by molar-refractivity contribution is -0.133. The number of carbonyl (C=O) groups is 2. The molecule has 3 aromatic rings. The van der Waals surface area contributed by atoms with Crippen molar-refractivity contribution in [2.24, 2.45) is 0 Å². The van der Waals surface area contributed by atoms with Crippen molar-refractivity contribution in [1.82, 2.24) is 20.0 Å². The Morgan fingerprint density at radius 3 is 2.61 bits per heavy atom. The van der Waals surface area contributed by atoms with Crippen molar-refractivity contribution in [3.05, 3.63) is 77.7 Å². The minimum Gasteiger partial charge on any atom is -0.385 e. The molecule has 2 heterocycles. The molecule has 172 valence electrons. The monoisotopic (exact) mass is 450 g/mol. The van der Waals surface area contributed by atoms with Crippen LogP contribution in [0.5, 0.6) is 0 Å². The highest BCUT2D eigenvalue weighted by atomic mass is 19.1. The smallest absolute Gasteiger partial charge is 0.273 e. The van der Waals surface area contributed by atoms with Crippen LogP contribution >= 0.6 is 0 Å². The summed E-state index contributed by atoms with van der Waals surface area (Å²) in [4.78, 5) is 28.5. The molecular formula is C25H27FN4O3. The van der Waals surface area contributed by atoms with Gasteiger partial charge in [0.25, 0.3) is 5.91 Å². The molecule has 33 heavy (non-hydrogen) atoms. The fourth-order valence-corrected chi connectivity index (χ4v) is 4.02. The predicted molar refractivity (Wildman–Crippen MR) is 122 cm³/mol. The molecule has 0 saturated carbocycles. The topological polar surface area (TPSA) is 76.5 Å². The number of hydrogen-bond acceptors (Lipinski definition) is 4. The molecule has 0 aliphatic carbocycles. The van der Waals surface area contributed by atoms with Crippen molar-refractivity contribution in [3.63, 3.8) is 0 Å². The molecule has 2 aromatic carbocycles. The molecule has 1 aromatic heterocycles. The Labute approximate surface area is 192 Å². The third-order valence-corrected chi connectivity index (χ3v) is 5.92. The zero-order valence-electron chi connectivity index (χ0n) is 18.8. The fraction of sp³-hybridized carbons (Fsp3) is 0.320. The lowest BCUT2D eigenvalue weighted by Gasteiger charge is -2.43. The summed E-state index contributed by atoms with van der Waals surface area (Å²) in [6, 6.07) is 17.3. The molecule has 7 nitrogen and oxygen atoms in total. The Kier molecular flexibility index (Phi) is 6.55. The van der Waals surface area contributed by atoms with Gasteiger partial charge in [-0.25, -0.2) is 4.39 Å². The van der Waals surface area contributed by atoms with Crippen molar-refractivity contribution in [1.29, 1.82) is 0 Å². The highest BCUT2D eigenvalue weighted by Crippen LogP contribution is 2.31. The number of rotatable bonds is 8. The van der Waals surface area contributed by atoms with Gasteiger partial charge in [0.15, 0.2) is 0 Å². The van der Waals surface area contributed by atoms with Crippen LogP contribution < -0.4 is 5.32 Å². The summed E-state index contributed by atoms with van der Waals surface area (Å²) >= 11 is 0. The number of halogens is 1. The number of nitrogens with one attached hydrogen (secondary N) is 1. The van der Waals surface area contributed by atoms with E-state index in [4.69, 9.17) is 4.74 Å². The van der Waals surface area contributed by atoms with E-state index in [1.807, 2.05) is 30.3 Å². The molecule has 1 aliphatic rings. The standard InChI is InChI=1S/C25H27FN4O3/c1-25(24(32)27-13-6-14-33-2)17-30-22(15-21(28-30)19-7-4-3-5-8-19)23(31)29(25)16-18-9-11-20(26)12-10-18/h3-5,7-12,15H,6,13-14,16-17H2,1-2H3,(H,27,32)/t25-/m0/s1. The summed E-state index contributed by atoms with van der Waals surface area (Å²) in [7, 11) is 1.61. The molecule has 0 unspecified atom stereocenters. The SMILES string of the molecule is COCCCNC(=O)[C@]1(C)Cn2nc(-c3ccccc3)cc2C(=O)N1Cc1ccc(F)cc1. The molecule has 0 spiro atoms. The van der Waals surface area contributed by atoms with Crippen molar-refractivity contribution >= 4 is 11.8 Å². The van der Waals surface area contributed by atoms with E-state index >= 15 is 0 Å². The second-order valence-corrected chi connectivity index (χ2v) is 8.33. The largest absolute Gasteiger partial charge is 0.385 e. The van der Waals surface area contributed by atoms with Crippen LogP contribution in [0.25, 0.3) is 11.3 Å². The number of hydrogen-bond donors (Lipinski definition) is 1. The summed E-state index contributed by atoms with van der Waals surface area (Å²) in [6.07, 6.45) is 0.662. The lowest BCUT2D eigenvalue weighted by atomic mass is 9.94. The van der Waals surface area contributed by atoms with Crippen LogP contribution in [0.1, 0.15) is 29.4 Å². The Morgan fingerprint density at radius 2 is 1.91 bits per heavy atom. The summed E-state index contributed by atoms with van der Waals surface area (Å²) in [6.45, 7) is 3.08. The predicted octanol–water partition coefficient (Wildman–Crippen LogP) is 3.26. The van der Waals surface area contributed by atoms with Crippen molar-refractivity contribution in [3.8, 4) is 11.3 Å². The number of methoxy groups -OCH3 is 1. The maximum absolute atomic E-state index is 13.6. The zero-order valence-corrected chi connectivity index (χ0v) is 18.8. The van der Waals surface area contributed by atoms with Crippen LogP contribution in [0.4, 0.5) is 4.39 Å². The highest BCUT2D eigenvalue weighted by Gasteiger charge is 2.47. The number of aromatic nitrogens is 2. The zero-order chi connectivity index (χ0) is 23.4. The quantitative estimate of drug-likeness (QED) is 0.535. The number of nitrogens with zero attached hydrogens (tertiary/aromatic N) is 3. The van der Waals surface area contributed by atoms with Gasteiger partial charge in [-0.1, -0.05) is 42.5 Å². The Bertz CT molecular complexity index is 1130. The number of ether oxygens (including phenoxy) is 1. The molecule has 1 N–H and O–H groups in total. The summed E-state index contributed by atoms with van der Waals surface area (Å²) in [5.41, 5.74) is 1.54. The van der Waals surface area contributed by atoms with Crippen molar-refractivity contribution in [2.75, 3.05) is 20.3 Å². The Hall–Kier alpha value is -3.52. The molecule has 2 amide bonds. The van der Waals surface area contributed by atoms with E-state index in [1.54, 1.807) is 41.8 Å². The van der Waals surface area contributed by atoms with E-state index in [9.17, 15) is 14.0 Å². The Balaban J connectivity index is 1.68. The van der Waals surface area contributed by atoms with Gasteiger partial charge in [0.2, 0.25) is 5.91 Å². The van der Waals surface area contributed by atoms with Gasteiger partial charge in [0, 0.05) is 32.4 Å². The average Bonchev–Trinajstić information content (AvgIpc) is 3.25. The van der Waals surface area contributed by atoms with Crippen molar-refractivity contribution in [2.45, 2.75) is 32.0 Å². The highest BCUT2D eigenvalue weighted by molar-refractivity contribution is 6.00. The van der Waals surface area contributed by atoms with Gasteiger partial charge in [0.1, 0.15) is 17.1 Å². The molecule has 8 heteroatoms. The van der Waals surface area contributed by atoms with Gasteiger partial charge < -0.3 is 15.0 Å². The molecule has 0 fully saturated rings. The number of amides is 2. The van der Waals surface area contributed by atoms with E-state index in [-0.39, 0.29) is 30.7 Å². The molecule has 4 rings (SSSR count). The Morgan fingerprint density at radius 1 is 1.18 bits per heavy atom. The molecule has 1 aliphatic heterocycles. The summed E-state index contributed by atoms with van der Waals surface area (Å²) < 4.78 is 20.1. The van der Waals surface area contributed by atoms with Gasteiger partial charge in [-0.05, 0) is 37.1 Å². The van der Waals surface area contributed by atoms with Crippen LogP contribution in [0.3, 0.4) is 0 Å². The third-order valence-electron chi connectivity index (χ3n) is 5.92. The van der Waals surface area contributed by atoms with E-state index < -0.39 is 5.54 Å². The van der Waals surface area contributed by atoms with E-state index in [1.165, 1.54) is 12.1 Å². The molecule has 0 bridgehead atoms. The minimum absolute atomic E-state index is 0.174. The summed E-state index contributed by atoms with van der Waals surface area (Å²) in [5, 5.41) is 7.56. The van der Waals surface area contributed by atoms with Crippen LogP contribution in [-0.2, 0) is 22.6 Å². The van der Waals surface area contributed by atoms with Crippen LogP contribution in [0.15, 0.2) is 60.7 Å². The first kappa shape index (κ1) is 22.7. The second-order valence-electron chi connectivity index (χ2n) is 8.33. The van der Waals surface area contributed by atoms with Gasteiger partial charge in [-0.15, -0.1) is 0 Å². The van der Waals surface area contributed by atoms with Crippen LogP contribution in [0.2, 0.25) is 0 Å². The van der Waals surface area contributed by atoms with Crippen LogP contribution in [-0.4, -0.2) is 52.3 Å². The molecular weight excluding hydrogens is 423 g/mol. The average molecular weight is 451 g/mol. The first-order chi connectivity index (χ1) is 15.9. The first-order valence-electron chi connectivity index (χ1n) is 10.9. The summed E-state index contributed by atoms with van der Waals surface area (Å²) in [5.74, 6) is -0.917. The third kappa shape index (κ3) is 4.66. The minimum atomic E-state index is -1.18. The van der Waals surface area contributed by atoms with Gasteiger partial charge in [-0.2, -0.15) is 5.10 Å². The van der Waals surface area contributed by atoms with E-state index in [0.29, 0.717) is 31.0 Å². The maximum atomic E-state index is 13.6. The number of fused-ring (bicyclic) bond motifs is 1. The number of carbonyl (C=O) groups excluding carboxylic acids is 2. The van der Waals surface area contributed by atoms with E-state index in [0.717, 1.165) is 11.1 Å². The first-order valence-corrected chi connectivity index (χ1v) is 10.9. The number of benzene rings is 2.